The molecule has 0 saturated carbocycles. The van der Waals surface area contributed by atoms with E-state index in [4.69, 9.17) is 4.42 Å². The van der Waals surface area contributed by atoms with Crippen molar-refractivity contribution in [3.05, 3.63) is 478 Å². The Morgan fingerprint density at radius 1 is 0.177 bits per heavy atom. The van der Waals surface area contributed by atoms with Crippen LogP contribution in [0.2, 0.25) is 0 Å². The van der Waals surface area contributed by atoms with E-state index in [1.54, 1.807) is 0 Å². The molecule has 0 fully saturated rings. The second-order valence-corrected chi connectivity index (χ2v) is 37.5. The maximum absolute atomic E-state index is 6.43. The number of thiophene rings is 3. The molecule has 4 aromatic heterocycles. The standard InChI is InChI=1S/C43H33N.C40H25NOS.C40H25NS2/c1-43(2)41-29-35(22-25-39(41)40-27-33-12-9-10-13-34(33)28-42(40)43)32-15-11-14-31(26-32)30-20-23-38(24-21-30)44(36-16-5-3-6-17-36)37-18-7-4-8-19-37;1-3-9-30(10-4-1)41(31-11-5-2-6-12-31)32-18-19-37-35(25-32)34-22-28-16-15-26(21-29(28)24-38(34)42-37)27-17-20-40-36(23-27)33-13-7-8-14-39(33)43-40;1-3-11-30(12-4-1)41(31-13-5-2-6-14-31)32-17-20-38-36(25-32)33-18-15-29(24-39(33)42-38)28-16-19-37-34(22-28)35-21-26-9-7-8-10-27(26)23-40(35)43-37/h3-29H,1-2H3;2*1-25H. The monoisotopic (exact) mass is 1710 g/mol. The summed E-state index contributed by atoms with van der Waals surface area (Å²) in [6, 6.07) is 169. The first-order valence-corrected chi connectivity index (χ1v) is 46.8. The number of anilines is 9. The van der Waals surface area contributed by atoms with Gasteiger partial charge in [-0.3, -0.25) is 0 Å². The normalized spacial score (nSPS) is 12.1. The van der Waals surface area contributed by atoms with E-state index in [1.165, 1.54) is 160 Å². The fraction of sp³-hybridized carbons (Fsp3) is 0.0244. The van der Waals surface area contributed by atoms with Gasteiger partial charge in [-0.15, -0.1) is 34.0 Å². The van der Waals surface area contributed by atoms with Gasteiger partial charge in [0.25, 0.3) is 0 Å². The lowest BCUT2D eigenvalue weighted by Crippen LogP contribution is -2.15. The number of furan rings is 1. The quantitative estimate of drug-likeness (QED) is 0.115. The highest BCUT2D eigenvalue weighted by atomic mass is 32.1. The predicted molar refractivity (Wildman–Crippen MR) is 561 cm³/mol. The van der Waals surface area contributed by atoms with Gasteiger partial charge < -0.3 is 19.1 Å². The van der Waals surface area contributed by atoms with Crippen molar-refractivity contribution < 1.29 is 4.42 Å². The maximum atomic E-state index is 6.43. The highest BCUT2D eigenvalue weighted by molar-refractivity contribution is 7.26. The fourth-order valence-electron chi connectivity index (χ4n) is 19.5. The molecule has 0 radical (unpaired) electrons. The van der Waals surface area contributed by atoms with Crippen molar-refractivity contribution in [2.75, 3.05) is 14.7 Å². The van der Waals surface area contributed by atoms with Gasteiger partial charge >= 0.3 is 0 Å². The molecule has 1 aliphatic carbocycles. The lowest BCUT2D eigenvalue weighted by molar-refractivity contribution is 0.661. The zero-order valence-electron chi connectivity index (χ0n) is 71.4. The molecule has 0 atom stereocenters. The molecule has 614 valence electrons. The Hall–Kier alpha value is -15.7. The van der Waals surface area contributed by atoms with Crippen molar-refractivity contribution in [1.29, 1.82) is 0 Å². The maximum Gasteiger partial charge on any atom is 0.136 e. The zero-order valence-corrected chi connectivity index (χ0v) is 73.9. The smallest absolute Gasteiger partial charge is 0.136 e. The molecule has 26 rings (SSSR count). The number of para-hydroxylation sites is 6. The molecule has 1 aliphatic rings. The third-order valence-corrected chi connectivity index (χ3v) is 29.5. The second-order valence-electron chi connectivity index (χ2n) is 34.3. The van der Waals surface area contributed by atoms with E-state index in [2.05, 4.69) is 496 Å². The first kappa shape index (κ1) is 77.8. The van der Waals surface area contributed by atoms with Crippen LogP contribution in [-0.2, 0) is 5.41 Å². The van der Waals surface area contributed by atoms with Crippen LogP contribution in [0.1, 0.15) is 25.0 Å². The van der Waals surface area contributed by atoms with Gasteiger partial charge in [-0.05, 0) is 311 Å². The highest BCUT2D eigenvalue weighted by Crippen LogP contribution is 2.53. The third kappa shape index (κ3) is 14.3. The zero-order chi connectivity index (χ0) is 86.3. The molecule has 0 N–H and O–H groups in total. The average Bonchev–Trinajstić information content (AvgIpc) is 1.56. The van der Waals surface area contributed by atoms with Crippen LogP contribution in [0.25, 0.3) is 170 Å². The van der Waals surface area contributed by atoms with Crippen LogP contribution in [0, 0.1) is 0 Å². The highest BCUT2D eigenvalue weighted by Gasteiger charge is 2.36. The van der Waals surface area contributed by atoms with Crippen molar-refractivity contribution in [1.82, 2.24) is 0 Å². The van der Waals surface area contributed by atoms with E-state index in [0.717, 1.165) is 73.1 Å². The number of hydrogen-bond donors (Lipinski definition) is 0. The van der Waals surface area contributed by atoms with Crippen LogP contribution in [0.15, 0.2) is 472 Å². The van der Waals surface area contributed by atoms with E-state index in [0.29, 0.717) is 0 Å². The van der Waals surface area contributed by atoms with Gasteiger partial charge in [0.05, 0.1) is 0 Å². The van der Waals surface area contributed by atoms with Crippen molar-refractivity contribution in [2.45, 2.75) is 19.3 Å². The van der Waals surface area contributed by atoms with Gasteiger partial charge in [0.2, 0.25) is 0 Å². The van der Waals surface area contributed by atoms with Crippen LogP contribution < -0.4 is 14.7 Å². The summed E-state index contributed by atoms with van der Waals surface area (Å²) in [7, 11) is 0. The summed E-state index contributed by atoms with van der Waals surface area (Å²) in [5.74, 6) is 0. The largest absolute Gasteiger partial charge is 0.456 e. The van der Waals surface area contributed by atoms with E-state index in [-0.39, 0.29) is 5.41 Å². The molecular weight excluding hydrogens is 1630 g/mol. The van der Waals surface area contributed by atoms with Gasteiger partial charge in [0.1, 0.15) is 11.2 Å². The van der Waals surface area contributed by atoms with Gasteiger partial charge in [-0.1, -0.05) is 269 Å². The molecule has 25 aromatic rings. The Balaban J connectivity index is 0.000000108. The molecule has 4 nitrogen and oxygen atoms in total. The minimum Gasteiger partial charge on any atom is -0.456 e. The van der Waals surface area contributed by atoms with Crippen molar-refractivity contribution in [3.63, 3.8) is 0 Å². The lowest BCUT2D eigenvalue weighted by Gasteiger charge is -2.25. The number of nitrogens with zero attached hydrogens (tertiary/aromatic N) is 3. The topological polar surface area (TPSA) is 22.9 Å². The summed E-state index contributed by atoms with van der Waals surface area (Å²) in [6.45, 7) is 4.73. The summed E-state index contributed by atoms with van der Waals surface area (Å²) in [4.78, 5) is 6.92. The molecular formula is C123H83N3OS3. The summed E-state index contributed by atoms with van der Waals surface area (Å²) >= 11 is 5.62. The fourth-order valence-corrected chi connectivity index (χ4v) is 22.9. The van der Waals surface area contributed by atoms with Crippen molar-refractivity contribution in [2.24, 2.45) is 0 Å². The van der Waals surface area contributed by atoms with E-state index >= 15 is 0 Å². The first-order chi connectivity index (χ1) is 64.1. The molecule has 0 aliphatic heterocycles. The van der Waals surface area contributed by atoms with Gasteiger partial charge in [-0.25, -0.2) is 0 Å². The number of rotatable bonds is 13. The molecule has 0 saturated heterocycles. The van der Waals surface area contributed by atoms with Crippen molar-refractivity contribution in [3.8, 4) is 55.6 Å². The van der Waals surface area contributed by atoms with Crippen molar-refractivity contribution >= 4 is 200 Å². The molecule has 0 spiro atoms. The van der Waals surface area contributed by atoms with Crippen LogP contribution in [-0.4, -0.2) is 0 Å². The SMILES string of the molecule is CC1(C)c2cc(-c3cccc(-c4ccc(N(c5ccccc5)c5ccccc5)cc4)c3)ccc2-c2cc3ccccc3cc21.c1ccc(N(c2ccccc2)c2ccc3oc4cc5cc(-c6ccc7sc8ccccc8c7c6)ccc5cc4c3c2)cc1.c1ccc(N(c2ccccc2)c2ccc3sc4cc(-c5ccc6sc7cc8ccccc8cc7c6c5)ccc4c3c2)cc1. The van der Waals surface area contributed by atoms with E-state index in [1.807, 2.05) is 34.0 Å². The van der Waals surface area contributed by atoms with Crippen LogP contribution in [0.5, 0.6) is 0 Å². The summed E-state index contributed by atoms with van der Waals surface area (Å²) < 4.78 is 14.4. The lowest BCUT2D eigenvalue weighted by atomic mass is 9.81. The molecule has 21 aromatic carbocycles. The third-order valence-electron chi connectivity index (χ3n) is 26.0. The number of hydrogen-bond acceptors (Lipinski definition) is 7. The number of benzene rings is 21. The van der Waals surface area contributed by atoms with Gasteiger partial charge in [0.15, 0.2) is 0 Å². The molecule has 4 heterocycles. The average molecular weight is 1720 g/mol. The Labute approximate surface area is 766 Å². The summed E-state index contributed by atoms with van der Waals surface area (Å²) in [6.07, 6.45) is 0. The minimum atomic E-state index is -0.0540. The van der Waals surface area contributed by atoms with Crippen LogP contribution >= 0.6 is 34.0 Å². The Morgan fingerprint density at radius 3 is 1.13 bits per heavy atom. The molecule has 7 heteroatoms. The summed E-state index contributed by atoms with van der Waals surface area (Å²) in [5, 5.41) is 17.8. The molecule has 0 bridgehead atoms. The Morgan fingerprint density at radius 2 is 0.531 bits per heavy atom. The van der Waals surface area contributed by atoms with E-state index < -0.39 is 0 Å². The number of fused-ring (bicyclic) bond motifs is 18. The first-order valence-electron chi connectivity index (χ1n) is 44.4. The Kier molecular flexibility index (Phi) is 19.5. The van der Waals surface area contributed by atoms with Gasteiger partial charge in [0, 0.05) is 128 Å². The molecule has 0 amide bonds. The minimum absolute atomic E-state index is 0.0540. The second kappa shape index (κ2) is 32.6. The van der Waals surface area contributed by atoms with Crippen LogP contribution in [0.3, 0.4) is 0 Å². The Bertz CT molecular complexity index is 8520. The molecule has 0 unspecified atom stereocenters. The van der Waals surface area contributed by atoms with Crippen LogP contribution in [0.4, 0.5) is 51.2 Å². The molecule has 130 heavy (non-hydrogen) atoms. The van der Waals surface area contributed by atoms with Gasteiger partial charge in [-0.2, -0.15) is 0 Å². The summed E-state index contributed by atoms with van der Waals surface area (Å²) in [5.41, 5.74) is 27.4. The predicted octanol–water partition coefficient (Wildman–Crippen LogP) is 36.9. The van der Waals surface area contributed by atoms with E-state index in [9.17, 15) is 0 Å².